The summed E-state index contributed by atoms with van der Waals surface area (Å²) in [5.74, 6) is -6.74. The molecule has 0 aromatic carbocycles. The van der Waals surface area contributed by atoms with E-state index in [9.17, 15) is 49.2 Å². The van der Waals surface area contributed by atoms with Gasteiger partial charge >= 0.3 is 11.9 Å². The number of hydrogen-bond donors (Lipinski definition) is 6. The zero-order chi connectivity index (χ0) is 38.7. The minimum absolute atomic E-state index is 0.0372. The number of amides is 4. The van der Waals surface area contributed by atoms with Crippen molar-refractivity contribution in [2.75, 3.05) is 41.3 Å². The quantitative estimate of drug-likeness (QED) is 0.137. The van der Waals surface area contributed by atoms with Crippen molar-refractivity contribution in [1.29, 1.82) is 0 Å². The van der Waals surface area contributed by atoms with Crippen molar-refractivity contribution in [1.82, 2.24) is 30.2 Å². The van der Waals surface area contributed by atoms with Crippen molar-refractivity contribution in [3.63, 3.8) is 0 Å². The largest absolute Gasteiger partial charge is 0.477 e. The second-order valence-electron chi connectivity index (χ2n) is 14.9. The van der Waals surface area contributed by atoms with Crippen LogP contribution in [0.1, 0.15) is 40.5 Å². The van der Waals surface area contributed by atoms with Crippen molar-refractivity contribution >= 4 is 59.1 Å². The molecule has 5 aliphatic rings. The van der Waals surface area contributed by atoms with Gasteiger partial charge in [0.1, 0.15) is 17.4 Å². The average molecular weight is 767 g/mol. The molecule has 0 spiro atoms. The van der Waals surface area contributed by atoms with E-state index in [4.69, 9.17) is 0 Å². The first kappa shape index (κ1) is 39.9. The van der Waals surface area contributed by atoms with E-state index in [2.05, 4.69) is 10.6 Å². The van der Waals surface area contributed by atoms with E-state index in [1.807, 2.05) is 0 Å². The molecule has 0 aliphatic carbocycles. The van der Waals surface area contributed by atoms with E-state index in [-0.39, 0.29) is 41.4 Å². The molecule has 12 atom stereocenters. The Balaban J connectivity index is 1.38. The molecule has 0 aromatic heterocycles. The summed E-state index contributed by atoms with van der Waals surface area (Å²) in [6.07, 6.45) is -1.54. The minimum Gasteiger partial charge on any atom is -0.477 e. The Morgan fingerprint density at radius 1 is 0.865 bits per heavy atom. The number of hydrogen-bond acceptors (Lipinski definition) is 12. The second-order valence-corrected chi connectivity index (χ2v) is 17.6. The van der Waals surface area contributed by atoms with Crippen LogP contribution < -0.4 is 10.6 Å². The summed E-state index contributed by atoms with van der Waals surface area (Å²) < 4.78 is 0. The molecule has 288 valence electrons. The lowest BCUT2D eigenvalue weighted by Gasteiger charge is -2.46. The van der Waals surface area contributed by atoms with Crippen molar-refractivity contribution < 1.29 is 49.2 Å². The van der Waals surface area contributed by atoms with Gasteiger partial charge < -0.3 is 50.7 Å². The predicted molar refractivity (Wildman–Crippen MR) is 192 cm³/mol. The summed E-state index contributed by atoms with van der Waals surface area (Å²) in [7, 11) is 6.48. The smallest absolute Gasteiger partial charge is 0.353 e. The fourth-order valence-electron chi connectivity index (χ4n) is 8.33. The molecule has 3 fully saturated rings. The van der Waals surface area contributed by atoms with Crippen LogP contribution in [0.4, 0.5) is 0 Å². The fourth-order valence-corrected chi connectivity index (χ4v) is 11.3. The number of carbonyl (C=O) groups is 6. The third kappa shape index (κ3) is 7.03. The van der Waals surface area contributed by atoms with E-state index in [0.717, 1.165) is 0 Å². The Kier molecular flexibility index (Phi) is 11.7. The zero-order valence-corrected chi connectivity index (χ0v) is 32.2. The average Bonchev–Trinajstić information content (AvgIpc) is 3.82. The normalized spacial score (nSPS) is 33.0. The van der Waals surface area contributed by atoms with Crippen molar-refractivity contribution in [2.45, 2.75) is 87.4 Å². The molecule has 5 heterocycles. The lowest BCUT2D eigenvalue weighted by molar-refractivity contribution is -0.163. The van der Waals surface area contributed by atoms with Gasteiger partial charge in [0.2, 0.25) is 23.6 Å². The number of carbonyl (C=O) groups excluding carboxylic acids is 4. The Bertz CT molecular complexity index is 1580. The van der Waals surface area contributed by atoms with Crippen molar-refractivity contribution in [2.24, 2.45) is 23.7 Å². The van der Waals surface area contributed by atoms with Crippen molar-refractivity contribution in [3.05, 3.63) is 21.2 Å². The highest BCUT2D eigenvalue weighted by molar-refractivity contribution is 8.04. The number of aliphatic carboxylic acids is 2. The van der Waals surface area contributed by atoms with Crippen LogP contribution in [0.3, 0.4) is 0 Å². The summed E-state index contributed by atoms with van der Waals surface area (Å²) in [5, 5.41) is 47.4. The number of β-lactam (4-membered cyclic amide) rings is 1. The van der Waals surface area contributed by atoms with Gasteiger partial charge in [-0.1, -0.05) is 13.8 Å². The summed E-state index contributed by atoms with van der Waals surface area (Å²) in [4.78, 5) is 85.0. The monoisotopic (exact) mass is 766 g/mol. The lowest BCUT2D eigenvalue weighted by atomic mass is 9.79. The van der Waals surface area contributed by atoms with Gasteiger partial charge in [-0.15, -0.1) is 23.5 Å². The van der Waals surface area contributed by atoms with Gasteiger partial charge in [0, 0.05) is 79.5 Å². The van der Waals surface area contributed by atoms with E-state index in [1.54, 1.807) is 42.0 Å². The third-order valence-electron chi connectivity index (χ3n) is 10.9. The Morgan fingerprint density at radius 3 is 2.02 bits per heavy atom. The predicted octanol–water partition coefficient (Wildman–Crippen LogP) is -0.616. The van der Waals surface area contributed by atoms with Crippen LogP contribution in [-0.4, -0.2) is 164 Å². The van der Waals surface area contributed by atoms with Crippen LogP contribution in [0.5, 0.6) is 0 Å². The van der Waals surface area contributed by atoms with Crippen LogP contribution in [0.25, 0.3) is 0 Å². The highest BCUT2D eigenvalue weighted by Gasteiger charge is 2.60. The summed E-state index contributed by atoms with van der Waals surface area (Å²) in [5.41, 5.74) is -0.222. The number of rotatable bonds is 12. The number of likely N-dealkylation sites (N-methyl/N-ethyl adjacent to an activating group) is 2. The molecule has 18 heteroatoms. The molecular weight excluding hydrogens is 717 g/mol. The molecule has 1 unspecified atom stereocenters. The summed E-state index contributed by atoms with van der Waals surface area (Å²) in [6, 6.07) is -2.69. The maximum Gasteiger partial charge on any atom is 0.353 e. The maximum atomic E-state index is 14.6. The van der Waals surface area contributed by atoms with Gasteiger partial charge in [-0.25, -0.2) is 9.59 Å². The van der Waals surface area contributed by atoms with E-state index >= 15 is 0 Å². The topological polar surface area (TPSA) is 220 Å². The molecule has 6 N–H and O–H groups in total. The number of thioether (sulfide) groups is 2. The minimum atomic E-state index is -1.28. The van der Waals surface area contributed by atoms with Crippen molar-refractivity contribution in [3.8, 4) is 0 Å². The van der Waals surface area contributed by atoms with Gasteiger partial charge in [-0.3, -0.25) is 19.2 Å². The maximum absolute atomic E-state index is 14.6. The Hall–Kier alpha value is -3.32. The molecule has 5 rings (SSSR count). The molecule has 0 aromatic rings. The first-order valence-electron chi connectivity index (χ1n) is 17.5. The molecule has 16 nitrogen and oxygen atoms in total. The number of carboxylic acid groups (broad SMARTS) is 2. The first-order valence-corrected chi connectivity index (χ1v) is 19.2. The molecule has 0 bridgehead atoms. The van der Waals surface area contributed by atoms with Crippen LogP contribution in [0.15, 0.2) is 21.2 Å². The van der Waals surface area contributed by atoms with Crippen LogP contribution in [0.2, 0.25) is 0 Å². The number of nitrogens with one attached hydrogen (secondary N) is 2. The SMILES string of the molecule is C[C@@H](O)C(C(=O)N1C[C@@H](SC2=C(C(=O)O)N3C(=O)[C@@H]([C@@H](C)O)[C@H]3[C@H]2C)C[C@H]1C(=O)N(C)C)[C@@H]1NC(C(=O)O)=C(S[C@@H]2CN[C@H](C(=O)N(C)C)C2)[C@@H]1C. The van der Waals surface area contributed by atoms with Gasteiger partial charge in [-0.2, -0.15) is 0 Å². The molecule has 4 amide bonds. The second kappa shape index (κ2) is 15.2. The summed E-state index contributed by atoms with van der Waals surface area (Å²) in [6.45, 7) is 7.07. The number of nitrogens with zero attached hydrogens (tertiary/aromatic N) is 4. The third-order valence-corrected chi connectivity index (χ3v) is 13.9. The molecule has 52 heavy (non-hydrogen) atoms. The highest BCUT2D eigenvalue weighted by atomic mass is 32.2. The Labute approximate surface area is 311 Å². The molecule has 0 radical (unpaired) electrons. The van der Waals surface area contributed by atoms with Gasteiger partial charge in [0.15, 0.2) is 0 Å². The van der Waals surface area contributed by atoms with Crippen LogP contribution >= 0.6 is 23.5 Å². The number of aliphatic hydroxyl groups excluding tert-OH is 2. The number of fused-ring (bicyclic) bond motifs is 1. The molecule has 3 saturated heterocycles. The van der Waals surface area contributed by atoms with Gasteiger partial charge in [0.25, 0.3) is 0 Å². The van der Waals surface area contributed by atoms with Gasteiger partial charge in [-0.05, 0) is 26.7 Å². The van der Waals surface area contributed by atoms with Crippen LogP contribution in [-0.2, 0) is 28.8 Å². The van der Waals surface area contributed by atoms with E-state index < -0.39 is 89.0 Å². The van der Waals surface area contributed by atoms with Crippen LogP contribution in [0, 0.1) is 23.7 Å². The van der Waals surface area contributed by atoms with Gasteiger partial charge in [0.05, 0.1) is 36.1 Å². The Morgan fingerprint density at radius 2 is 1.48 bits per heavy atom. The summed E-state index contributed by atoms with van der Waals surface area (Å²) >= 11 is 2.56. The number of aliphatic hydroxyl groups is 2. The molecular formula is C34H50N6O10S2. The fraction of sp³-hybridized carbons (Fsp3) is 0.706. The first-order chi connectivity index (χ1) is 24.3. The molecule has 0 saturated carbocycles. The molecule has 5 aliphatic heterocycles. The number of carboxylic acids is 2. The highest BCUT2D eigenvalue weighted by Crippen LogP contribution is 2.52. The number of likely N-dealkylation sites (tertiary alicyclic amines) is 1. The standard InChI is InChI=1S/C34H50N6O10S2/c1-13-23(36-24(33(47)48)27(13)51-17-9-19(35-11-17)29(43)37(5)6)21(15(3)41)31(45)39-12-18(10-20(39)30(44)38(7)8)52-28-14(2)25-22(16(4)42)32(46)40(25)26(28)34(49)50/h13-23,25,35-36,41-42H,9-12H2,1-8H3,(H,47,48)(H,49,50)/t13-,14-,15-,16-,17+,18+,19+,20+,21?,22+,23-,25-/m1/s1. The van der Waals surface area contributed by atoms with E-state index in [1.165, 1.54) is 57.0 Å². The van der Waals surface area contributed by atoms with E-state index in [0.29, 0.717) is 22.8 Å². The lowest BCUT2D eigenvalue weighted by Crippen LogP contribution is -2.63. The zero-order valence-electron chi connectivity index (χ0n) is 30.6.